The van der Waals surface area contributed by atoms with Crippen molar-refractivity contribution in [3.63, 3.8) is 0 Å². The third kappa shape index (κ3) is 4.91. The molecule has 0 radical (unpaired) electrons. The van der Waals surface area contributed by atoms with E-state index >= 15 is 0 Å². The van der Waals surface area contributed by atoms with E-state index in [0.717, 1.165) is 24.2 Å². The molecule has 4 N–H and O–H groups in total. The van der Waals surface area contributed by atoms with Gasteiger partial charge in [0.25, 0.3) is 0 Å². The van der Waals surface area contributed by atoms with Gasteiger partial charge in [0.1, 0.15) is 5.75 Å². The molecule has 1 aromatic carbocycles. The Morgan fingerprint density at radius 1 is 1.36 bits per heavy atom. The van der Waals surface area contributed by atoms with Gasteiger partial charge >= 0.3 is 0 Å². The standard InChI is InChI=1S/C17H27N3O2/c1-22-16-10-6-5-9-14(16)11-19-17(18)20-12-15(21)13-7-3-2-4-8-13/h5-6,9-10,13,15,21H,2-4,7-8,11-12H2,1H3,(H3,18,19,20). The fourth-order valence-corrected chi connectivity index (χ4v) is 2.95. The molecule has 0 aliphatic heterocycles. The summed E-state index contributed by atoms with van der Waals surface area (Å²) in [5.74, 6) is 1.56. The van der Waals surface area contributed by atoms with Crippen molar-refractivity contribution in [3.8, 4) is 5.75 Å². The number of methoxy groups -OCH3 is 1. The first kappa shape index (κ1) is 16.6. The van der Waals surface area contributed by atoms with Crippen LogP contribution in [0.5, 0.6) is 5.75 Å². The zero-order chi connectivity index (χ0) is 15.8. The van der Waals surface area contributed by atoms with Crippen LogP contribution in [0, 0.1) is 5.92 Å². The minimum Gasteiger partial charge on any atom is -0.496 e. The molecule has 0 saturated heterocycles. The smallest absolute Gasteiger partial charge is 0.189 e. The first-order valence-corrected chi connectivity index (χ1v) is 8.04. The summed E-state index contributed by atoms with van der Waals surface area (Å²) in [6.45, 7) is 0.925. The molecular weight excluding hydrogens is 278 g/mol. The number of guanidine groups is 1. The number of rotatable bonds is 6. The fraction of sp³-hybridized carbons (Fsp3) is 0.588. The van der Waals surface area contributed by atoms with E-state index < -0.39 is 0 Å². The van der Waals surface area contributed by atoms with Gasteiger partial charge in [-0.3, -0.25) is 0 Å². The van der Waals surface area contributed by atoms with Gasteiger partial charge in [0, 0.05) is 12.1 Å². The van der Waals surface area contributed by atoms with E-state index in [-0.39, 0.29) is 6.10 Å². The Hall–Kier alpha value is -1.75. The molecule has 1 unspecified atom stereocenters. The Labute approximate surface area is 132 Å². The van der Waals surface area contributed by atoms with Crippen LogP contribution in [-0.2, 0) is 6.54 Å². The molecule has 1 atom stereocenters. The number of benzene rings is 1. The second-order valence-electron chi connectivity index (χ2n) is 5.86. The number of ether oxygens (including phenoxy) is 1. The average molecular weight is 305 g/mol. The highest BCUT2D eigenvalue weighted by Gasteiger charge is 2.21. The number of nitrogens with zero attached hydrogens (tertiary/aromatic N) is 1. The number of aliphatic imine (C=N–C) groups is 1. The highest BCUT2D eigenvalue weighted by atomic mass is 16.5. The Morgan fingerprint density at radius 3 is 2.82 bits per heavy atom. The van der Waals surface area contributed by atoms with Crippen molar-refractivity contribution in [1.29, 1.82) is 0 Å². The Bertz CT molecular complexity index is 485. The highest BCUT2D eigenvalue weighted by molar-refractivity contribution is 5.77. The van der Waals surface area contributed by atoms with Crippen LogP contribution in [0.3, 0.4) is 0 Å². The van der Waals surface area contributed by atoms with Crippen LogP contribution in [0.1, 0.15) is 37.7 Å². The van der Waals surface area contributed by atoms with E-state index in [4.69, 9.17) is 10.5 Å². The summed E-state index contributed by atoms with van der Waals surface area (Å²) in [5, 5.41) is 13.2. The van der Waals surface area contributed by atoms with Crippen molar-refractivity contribution in [1.82, 2.24) is 5.32 Å². The molecule has 1 saturated carbocycles. The lowest BCUT2D eigenvalue weighted by Gasteiger charge is -2.26. The Kier molecular flexibility index (Phi) is 6.52. The van der Waals surface area contributed by atoms with Crippen LogP contribution in [0.2, 0.25) is 0 Å². The maximum Gasteiger partial charge on any atom is 0.189 e. The first-order chi connectivity index (χ1) is 10.7. The minimum atomic E-state index is -0.347. The maximum absolute atomic E-state index is 10.2. The molecule has 0 heterocycles. The third-order valence-electron chi connectivity index (χ3n) is 4.30. The number of hydrogen-bond acceptors (Lipinski definition) is 3. The van der Waals surface area contributed by atoms with Crippen LogP contribution in [0.25, 0.3) is 0 Å². The van der Waals surface area contributed by atoms with Crippen molar-refractivity contribution >= 4 is 5.96 Å². The van der Waals surface area contributed by atoms with Crippen LogP contribution < -0.4 is 15.8 Å². The van der Waals surface area contributed by atoms with Gasteiger partial charge < -0.3 is 20.9 Å². The van der Waals surface area contributed by atoms with E-state index in [0.29, 0.717) is 25.0 Å². The van der Waals surface area contributed by atoms with Crippen molar-refractivity contribution in [2.45, 2.75) is 44.8 Å². The first-order valence-electron chi connectivity index (χ1n) is 8.04. The Morgan fingerprint density at radius 2 is 2.09 bits per heavy atom. The largest absolute Gasteiger partial charge is 0.496 e. The van der Waals surface area contributed by atoms with Gasteiger partial charge in [-0.05, 0) is 24.8 Å². The molecule has 0 aromatic heterocycles. The van der Waals surface area contributed by atoms with Crippen LogP contribution in [0.4, 0.5) is 0 Å². The number of aliphatic hydroxyl groups is 1. The second-order valence-corrected chi connectivity index (χ2v) is 5.86. The molecular formula is C17H27N3O2. The molecule has 22 heavy (non-hydrogen) atoms. The monoisotopic (exact) mass is 305 g/mol. The lowest BCUT2D eigenvalue weighted by molar-refractivity contribution is 0.0881. The minimum absolute atomic E-state index is 0.347. The van der Waals surface area contributed by atoms with Crippen LogP contribution in [-0.4, -0.2) is 30.8 Å². The van der Waals surface area contributed by atoms with Gasteiger partial charge in [-0.1, -0.05) is 37.5 Å². The number of nitrogens with two attached hydrogens (primary N) is 1. The van der Waals surface area contributed by atoms with Crippen LogP contribution >= 0.6 is 0 Å². The molecule has 122 valence electrons. The summed E-state index contributed by atoms with van der Waals surface area (Å²) < 4.78 is 5.28. The molecule has 5 heteroatoms. The normalized spacial score (nSPS) is 18.0. The Balaban J connectivity index is 1.79. The number of hydrogen-bond donors (Lipinski definition) is 3. The van der Waals surface area contributed by atoms with Gasteiger partial charge in [0.2, 0.25) is 0 Å². The van der Waals surface area contributed by atoms with Gasteiger partial charge in [-0.25, -0.2) is 4.99 Å². The van der Waals surface area contributed by atoms with Crippen LogP contribution in [0.15, 0.2) is 29.3 Å². The molecule has 0 spiro atoms. The van der Waals surface area contributed by atoms with Crippen molar-refractivity contribution < 1.29 is 9.84 Å². The molecule has 1 fully saturated rings. The van der Waals surface area contributed by atoms with E-state index in [1.54, 1.807) is 7.11 Å². The molecule has 0 amide bonds. The van der Waals surface area contributed by atoms with E-state index in [1.165, 1.54) is 19.3 Å². The number of para-hydroxylation sites is 1. The zero-order valence-electron chi connectivity index (χ0n) is 13.3. The lowest BCUT2D eigenvalue weighted by Crippen LogP contribution is -2.40. The van der Waals surface area contributed by atoms with Gasteiger partial charge in [0.05, 0.1) is 19.8 Å². The fourth-order valence-electron chi connectivity index (χ4n) is 2.95. The molecule has 5 nitrogen and oxygen atoms in total. The molecule has 1 aliphatic carbocycles. The predicted molar refractivity (Wildman–Crippen MR) is 88.9 cm³/mol. The zero-order valence-corrected chi connectivity index (χ0v) is 13.3. The quantitative estimate of drug-likeness (QED) is 0.555. The topological polar surface area (TPSA) is 79.9 Å². The van der Waals surface area contributed by atoms with E-state index in [1.807, 2.05) is 24.3 Å². The SMILES string of the molecule is COc1ccccc1CN=C(N)NCC(O)C1CCCCC1. The highest BCUT2D eigenvalue weighted by Crippen LogP contribution is 2.26. The molecule has 2 rings (SSSR count). The summed E-state index contributed by atoms with van der Waals surface area (Å²) in [4.78, 5) is 4.31. The predicted octanol–water partition coefficient (Wildman–Crippen LogP) is 2.04. The van der Waals surface area contributed by atoms with Crippen molar-refractivity contribution in [3.05, 3.63) is 29.8 Å². The summed E-state index contributed by atoms with van der Waals surface area (Å²) in [6.07, 6.45) is 5.61. The molecule has 1 aromatic rings. The summed E-state index contributed by atoms with van der Waals surface area (Å²) >= 11 is 0. The van der Waals surface area contributed by atoms with Crippen molar-refractivity contribution in [2.75, 3.05) is 13.7 Å². The molecule has 1 aliphatic rings. The van der Waals surface area contributed by atoms with E-state index in [9.17, 15) is 5.11 Å². The lowest BCUT2D eigenvalue weighted by atomic mass is 9.85. The summed E-state index contributed by atoms with van der Waals surface area (Å²) in [5.41, 5.74) is 6.87. The third-order valence-corrected chi connectivity index (χ3v) is 4.30. The summed E-state index contributed by atoms with van der Waals surface area (Å²) in [6, 6.07) is 7.74. The van der Waals surface area contributed by atoms with E-state index in [2.05, 4.69) is 10.3 Å². The molecule has 0 bridgehead atoms. The maximum atomic E-state index is 10.2. The van der Waals surface area contributed by atoms with Crippen molar-refractivity contribution in [2.24, 2.45) is 16.6 Å². The summed E-state index contributed by atoms with van der Waals surface area (Å²) in [7, 11) is 1.64. The second kappa shape index (κ2) is 8.63. The van der Waals surface area contributed by atoms with Gasteiger partial charge in [0.15, 0.2) is 5.96 Å². The average Bonchev–Trinajstić information content (AvgIpc) is 2.58. The number of nitrogens with one attached hydrogen (secondary N) is 1. The van der Waals surface area contributed by atoms with Gasteiger partial charge in [-0.2, -0.15) is 0 Å². The number of aliphatic hydroxyl groups excluding tert-OH is 1. The van der Waals surface area contributed by atoms with Gasteiger partial charge in [-0.15, -0.1) is 0 Å².